The van der Waals surface area contributed by atoms with Gasteiger partial charge in [-0.05, 0) is 79.4 Å². The fourth-order valence-corrected chi connectivity index (χ4v) is 4.74. The van der Waals surface area contributed by atoms with Crippen LogP contribution >= 0.6 is 0 Å². The lowest BCUT2D eigenvalue weighted by Gasteiger charge is -2.19. The van der Waals surface area contributed by atoms with Gasteiger partial charge in [0.25, 0.3) is 11.8 Å². The molecule has 0 bridgehead atoms. The highest BCUT2D eigenvalue weighted by molar-refractivity contribution is 6.04. The molecule has 294 valence electrons. The van der Waals surface area contributed by atoms with Crippen LogP contribution in [0.5, 0.6) is 0 Å². The highest BCUT2D eigenvalue weighted by atomic mass is 16.6. The zero-order chi connectivity index (χ0) is 38.8. The fraction of sp³-hybridized carbons (Fsp3) is 0.684. The molecule has 4 amide bonds. The number of esters is 2. The first-order chi connectivity index (χ1) is 24.6. The maximum atomic E-state index is 12.7. The standard InChI is InChI=1S/C38H62N4O10/c1-37(2,3)51-35(47)41-25-19-13-9-7-11-17-23-39-31(43)27-49-33(45)29-21-15-16-22-30(29)34(46)50-28-32(44)40-24-18-12-8-10-14-20-26-42-36(48)52-38(4,5)6/h15-16,21-22H,7-14,17-20,23-28H2,1-6H3,(H,39,43)(H,40,44)(H,41,47)(H,42,48). The van der Waals surface area contributed by atoms with Crippen molar-refractivity contribution in [2.24, 2.45) is 0 Å². The SMILES string of the molecule is CC(C)(C)OC(=O)NCCCCCCCCNC(=O)COC(=O)c1ccccc1C(=O)OCC(=O)NCCCCCCCCNC(=O)OC(C)(C)C. The Morgan fingerprint density at radius 2 is 0.750 bits per heavy atom. The van der Waals surface area contributed by atoms with Crippen molar-refractivity contribution in [3.05, 3.63) is 35.4 Å². The quantitative estimate of drug-likeness (QED) is 0.0561. The molecule has 0 aliphatic heterocycles. The first kappa shape index (κ1) is 45.7. The van der Waals surface area contributed by atoms with Crippen LogP contribution in [0.3, 0.4) is 0 Å². The molecule has 0 atom stereocenters. The highest BCUT2D eigenvalue weighted by Gasteiger charge is 2.21. The zero-order valence-electron chi connectivity index (χ0n) is 32.1. The summed E-state index contributed by atoms with van der Waals surface area (Å²) < 4.78 is 20.6. The molecule has 0 aliphatic rings. The van der Waals surface area contributed by atoms with E-state index in [0.29, 0.717) is 26.2 Å². The molecule has 14 nitrogen and oxygen atoms in total. The number of ether oxygens (including phenoxy) is 4. The van der Waals surface area contributed by atoms with Crippen molar-refractivity contribution >= 4 is 35.9 Å². The average molecular weight is 735 g/mol. The molecule has 0 aromatic heterocycles. The molecule has 1 aromatic carbocycles. The number of hydrogen-bond donors (Lipinski definition) is 4. The molecule has 0 saturated carbocycles. The van der Waals surface area contributed by atoms with Crippen LogP contribution in [0, 0.1) is 0 Å². The van der Waals surface area contributed by atoms with Crippen LogP contribution in [-0.4, -0.2) is 86.5 Å². The largest absolute Gasteiger partial charge is 0.452 e. The number of hydrogen-bond acceptors (Lipinski definition) is 10. The van der Waals surface area contributed by atoms with Crippen molar-refractivity contribution in [2.75, 3.05) is 39.4 Å². The minimum Gasteiger partial charge on any atom is -0.452 e. The molecule has 0 fully saturated rings. The topological polar surface area (TPSA) is 187 Å². The van der Waals surface area contributed by atoms with Crippen molar-refractivity contribution in [3.63, 3.8) is 0 Å². The normalized spacial score (nSPS) is 11.2. The van der Waals surface area contributed by atoms with Gasteiger partial charge in [-0.2, -0.15) is 0 Å². The lowest BCUT2D eigenvalue weighted by molar-refractivity contribution is -0.124. The van der Waals surface area contributed by atoms with Gasteiger partial charge in [0.15, 0.2) is 13.2 Å². The van der Waals surface area contributed by atoms with Gasteiger partial charge in [0.1, 0.15) is 11.2 Å². The highest BCUT2D eigenvalue weighted by Crippen LogP contribution is 2.13. The van der Waals surface area contributed by atoms with Crippen molar-refractivity contribution in [1.29, 1.82) is 0 Å². The molecule has 1 rings (SSSR count). The minimum atomic E-state index is -0.854. The number of nitrogens with one attached hydrogen (secondary N) is 4. The Morgan fingerprint density at radius 1 is 0.462 bits per heavy atom. The number of rotatable bonds is 24. The molecule has 0 heterocycles. The molecular formula is C38H62N4O10. The Bertz CT molecular complexity index is 1160. The van der Waals surface area contributed by atoms with Gasteiger partial charge in [-0.15, -0.1) is 0 Å². The Hall–Kier alpha value is -4.36. The second kappa shape index (κ2) is 25.6. The van der Waals surface area contributed by atoms with E-state index in [2.05, 4.69) is 21.3 Å². The van der Waals surface area contributed by atoms with Crippen LogP contribution in [0.15, 0.2) is 24.3 Å². The van der Waals surface area contributed by atoms with Gasteiger partial charge in [0, 0.05) is 26.2 Å². The summed E-state index contributed by atoms with van der Waals surface area (Å²) in [6, 6.07) is 5.89. The number of carbonyl (C=O) groups is 6. The average Bonchev–Trinajstić information content (AvgIpc) is 3.06. The molecule has 1 aromatic rings. The zero-order valence-corrected chi connectivity index (χ0v) is 32.1. The van der Waals surface area contributed by atoms with E-state index in [1.54, 1.807) is 12.1 Å². The third-order valence-electron chi connectivity index (χ3n) is 7.22. The van der Waals surface area contributed by atoms with Crippen molar-refractivity contribution in [3.8, 4) is 0 Å². The number of unbranched alkanes of at least 4 members (excludes halogenated alkanes) is 10. The van der Waals surface area contributed by atoms with Crippen LogP contribution in [0.2, 0.25) is 0 Å². The van der Waals surface area contributed by atoms with Gasteiger partial charge in [-0.1, -0.05) is 63.5 Å². The van der Waals surface area contributed by atoms with Crippen LogP contribution in [0.4, 0.5) is 9.59 Å². The van der Waals surface area contributed by atoms with E-state index in [4.69, 9.17) is 18.9 Å². The monoisotopic (exact) mass is 734 g/mol. The first-order valence-electron chi connectivity index (χ1n) is 18.5. The summed E-state index contributed by atoms with van der Waals surface area (Å²) >= 11 is 0. The van der Waals surface area contributed by atoms with E-state index >= 15 is 0 Å². The second-order valence-corrected chi connectivity index (χ2v) is 14.5. The summed E-state index contributed by atoms with van der Waals surface area (Å²) in [5.41, 5.74) is -1.16. The van der Waals surface area contributed by atoms with Gasteiger partial charge in [-0.25, -0.2) is 19.2 Å². The van der Waals surface area contributed by atoms with Crippen LogP contribution in [0.25, 0.3) is 0 Å². The molecule has 52 heavy (non-hydrogen) atoms. The Kier molecular flexibility index (Phi) is 22.5. The van der Waals surface area contributed by atoms with Crippen molar-refractivity contribution in [1.82, 2.24) is 21.3 Å². The molecule has 0 radical (unpaired) electrons. The Labute approximate surface area is 309 Å². The lowest BCUT2D eigenvalue weighted by atomic mass is 10.1. The van der Waals surface area contributed by atoms with E-state index < -0.39 is 60.4 Å². The van der Waals surface area contributed by atoms with E-state index in [1.807, 2.05) is 41.5 Å². The number of amides is 4. The summed E-state index contributed by atoms with van der Waals surface area (Å²) in [6.07, 6.45) is 10.2. The van der Waals surface area contributed by atoms with Crippen molar-refractivity contribution < 1.29 is 47.7 Å². The lowest BCUT2D eigenvalue weighted by Crippen LogP contribution is -2.33. The van der Waals surface area contributed by atoms with Crippen LogP contribution in [-0.2, 0) is 28.5 Å². The molecule has 0 aliphatic carbocycles. The molecule has 4 N–H and O–H groups in total. The van der Waals surface area contributed by atoms with E-state index in [-0.39, 0.29) is 11.1 Å². The van der Waals surface area contributed by atoms with E-state index in [0.717, 1.165) is 77.0 Å². The Morgan fingerprint density at radius 3 is 1.06 bits per heavy atom. The third-order valence-corrected chi connectivity index (χ3v) is 7.22. The number of alkyl carbamates (subject to hydrolysis) is 2. The molecular weight excluding hydrogens is 672 g/mol. The van der Waals surface area contributed by atoms with Gasteiger partial charge in [-0.3, -0.25) is 9.59 Å². The van der Waals surface area contributed by atoms with E-state index in [9.17, 15) is 28.8 Å². The predicted molar refractivity (Wildman–Crippen MR) is 197 cm³/mol. The summed E-state index contributed by atoms with van der Waals surface area (Å²) in [6.45, 7) is 11.9. The number of carbonyl (C=O) groups excluding carboxylic acids is 6. The smallest absolute Gasteiger partial charge is 0.407 e. The third kappa shape index (κ3) is 24.7. The summed E-state index contributed by atoms with van der Waals surface area (Å²) in [5.74, 6) is -2.61. The van der Waals surface area contributed by atoms with Gasteiger partial charge in [0.05, 0.1) is 11.1 Å². The molecule has 0 saturated heterocycles. The van der Waals surface area contributed by atoms with Gasteiger partial charge >= 0.3 is 24.1 Å². The molecule has 0 unspecified atom stereocenters. The maximum Gasteiger partial charge on any atom is 0.407 e. The van der Waals surface area contributed by atoms with Gasteiger partial charge in [0.2, 0.25) is 0 Å². The predicted octanol–water partition coefficient (Wildman–Crippen LogP) is 5.96. The fourth-order valence-electron chi connectivity index (χ4n) is 4.74. The first-order valence-corrected chi connectivity index (χ1v) is 18.5. The summed E-state index contributed by atoms with van der Waals surface area (Å²) in [7, 11) is 0. The van der Waals surface area contributed by atoms with E-state index in [1.165, 1.54) is 12.1 Å². The molecule has 14 heteroatoms. The number of benzene rings is 1. The molecule has 0 spiro atoms. The minimum absolute atomic E-state index is 0.0670. The van der Waals surface area contributed by atoms with Gasteiger partial charge < -0.3 is 40.2 Å². The van der Waals surface area contributed by atoms with Crippen LogP contribution < -0.4 is 21.3 Å². The maximum absolute atomic E-state index is 12.7. The van der Waals surface area contributed by atoms with Crippen molar-refractivity contribution in [2.45, 2.75) is 130 Å². The van der Waals surface area contributed by atoms with Crippen LogP contribution in [0.1, 0.15) is 139 Å². The Balaban J connectivity index is 2.17. The summed E-state index contributed by atoms with van der Waals surface area (Å²) in [4.78, 5) is 73.0. The summed E-state index contributed by atoms with van der Waals surface area (Å²) in [5, 5.41) is 10.9. The second-order valence-electron chi connectivity index (χ2n) is 14.5.